The maximum Gasteiger partial charge on any atom is 0.328 e. The number of hydrogen-bond acceptors (Lipinski definition) is 1. The Kier molecular flexibility index (Phi) is 2.48. The van der Waals surface area contributed by atoms with Crippen molar-refractivity contribution in [1.29, 1.82) is 0 Å². The molecule has 2 nitrogen and oxygen atoms in total. The lowest BCUT2D eigenvalue weighted by Gasteiger charge is -2.11. The van der Waals surface area contributed by atoms with Gasteiger partial charge in [-0.15, -0.1) is 0 Å². The van der Waals surface area contributed by atoms with Gasteiger partial charge in [-0.25, -0.2) is 4.79 Å². The van der Waals surface area contributed by atoms with Crippen molar-refractivity contribution < 1.29 is 9.90 Å². The molecule has 0 saturated heterocycles. The van der Waals surface area contributed by atoms with Crippen molar-refractivity contribution >= 4 is 14.0 Å². The topological polar surface area (TPSA) is 37.3 Å². The number of carbonyl (C=O) groups is 1. The van der Waals surface area contributed by atoms with E-state index in [0.717, 1.165) is 0 Å². The Bertz CT molecular complexity index is 295. The molecule has 0 aromatic heterocycles. The van der Waals surface area contributed by atoms with Crippen LogP contribution in [0, 0.1) is 5.92 Å². The van der Waals surface area contributed by atoms with E-state index < -0.39 is 14.0 Å². The molecule has 0 heterocycles. The van der Waals surface area contributed by atoms with Crippen molar-refractivity contribution in [2.24, 2.45) is 5.92 Å². The lowest BCUT2D eigenvalue weighted by molar-refractivity contribution is -0.131. The molecule has 3 heteroatoms. The monoisotopic (exact) mass is 196 g/mol. The summed E-state index contributed by atoms with van der Waals surface area (Å²) in [4.78, 5) is 10.3. The highest BCUT2D eigenvalue weighted by atomic mass is 28.3. The van der Waals surface area contributed by atoms with Gasteiger partial charge < -0.3 is 5.11 Å². The molecule has 0 aliphatic heterocycles. The summed E-state index contributed by atoms with van der Waals surface area (Å²) in [7, 11) is -1.19. The molecule has 0 fully saturated rings. The molecule has 0 aromatic carbocycles. The van der Waals surface area contributed by atoms with Crippen LogP contribution < -0.4 is 0 Å². The third-order valence-corrected chi connectivity index (χ3v) is 4.68. The molecule has 0 spiro atoms. The predicted molar refractivity (Wildman–Crippen MR) is 56.3 cm³/mol. The SMILES string of the molecule is CC1=C([Si](C)(C)C)C1/C=C/C(=O)O. The Morgan fingerprint density at radius 3 is 2.31 bits per heavy atom. The first-order valence-corrected chi connectivity index (χ1v) is 7.96. The molecule has 13 heavy (non-hydrogen) atoms. The summed E-state index contributed by atoms with van der Waals surface area (Å²) in [5.41, 5.74) is 1.39. The highest BCUT2D eigenvalue weighted by Crippen LogP contribution is 2.45. The molecular weight excluding hydrogens is 180 g/mol. The number of carboxylic acids is 1. The van der Waals surface area contributed by atoms with E-state index in [1.165, 1.54) is 16.8 Å². The first-order valence-electron chi connectivity index (χ1n) is 4.46. The van der Waals surface area contributed by atoms with Gasteiger partial charge in [0.05, 0.1) is 8.07 Å². The van der Waals surface area contributed by atoms with Crippen molar-refractivity contribution in [2.75, 3.05) is 0 Å². The van der Waals surface area contributed by atoms with E-state index in [2.05, 4.69) is 26.6 Å². The average Bonchev–Trinajstić information content (AvgIpc) is 2.55. The van der Waals surface area contributed by atoms with Gasteiger partial charge in [0.25, 0.3) is 0 Å². The predicted octanol–water partition coefficient (Wildman–Crippen LogP) is 2.45. The van der Waals surface area contributed by atoms with Crippen LogP contribution in [0.4, 0.5) is 0 Å². The van der Waals surface area contributed by atoms with Crippen LogP contribution in [0.1, 0.15) is 6.92 Å². The van der Waals surface area contributed by atoms with Gasteiger partial charge in [-0.1, -0.05) is 36.5 Å². The summed E-state index contributed by atoms with van der Waals surface area (Å²) >= 11 is 0. The Labute approximate surface area is 80.0 Å². The molecule has 1 rings (SSSR count). The van der Waals surface area contributed by atoms with Gasteiger partial charge in [-0.05, 0) is 6.92 Å². The molecule has 1 aliphatic carbocycles. The smallest absolute Gasteiger partial charge is 0.328 e. The minimum atomic E-state index is -1.19. The van der Waals surface area contributed by atoms with Crippen LogP contribution in [0.5, 0.6) is 0 Å². The van der Waals surface area contributed by atoms with Crippen molar-refractivity contribution in [1.82, 2.24) is 0 Å². The van der Waals surface area contributed by atoms with Gasteiger partial charge in [-0.3, -0.25) is 0 Å². The van der Waals surface area contributed by atoms with E-state index in [-0.39, 0.29) is 0 Å². The summed E-state index contributed by atoms with van der Waals surface area (Å²) in [6.07, 6.45) is 3.05. The largest absolute Gasteiger partial charge is 0.478 e. The molecular formula is C10H16O2Si. The second-order valence-corrected chi connectivity index (χ2v) is 9.56. The summed E-state index contributed by atoms with van der Waals surface area (Å²) < 4.78 is 0. The van der Waals surface area contributed by atoms with Crippen LogP contribution in [-0.4, -0.2) is 19.1 Å². The van der Waals surface area contributed by atoms with Gasteiger partial charge in [0.15, 0.2) is 0 Å². The van der Waals surface area contributed by atoms with Gasteiger partial charge in [0, 0.05) is 12.0 Å². The molecule has 0 radical (unpaired) electrons. The average molecular weight is 196 g/mol. The zero-order valence-corrected chi connectivity index (χ0v) is 9.59. The molecule has 72 valence electrons. The van der Waals surface area contributed by atoms with Crippen molar-refractivity contribution in [3.05, 3.63) is 22.9 Å². The van der Waals surface area contributed by atoms with Crippen molar-refractivity contribution in [2.45, 2.75) is 26.6 Å². The number of rotatable bonds is 3. The van der Waals surface area contributed by atoms with Crippen molar-refractivity contribution in [3.8, 4) is 0 Å². The third-order valence-electron chi connectivity index (χ3n) is 2.36. The maximum atomic E-state index is 10.3. The molecule has 0 aromatic rings. The zero-order chi connectivity index (χ0) is 10.2. The summed E-state index contributed by atoms with van der Waals surface area (Å²) in [5.74, 6) is -0.489. The van der Waals surface area contributed by atoms with E-state index in [0.29, 0.717) is 5.92 Å². The van der Waals surface area contributed by atoms with Crippen LogP contribution in [0.25, 0.3) is 0 Å². The number of aliphatic carboxylic acids is 1. The number of hydrogen-bond donors (Lipinski definition) is 1. The van der Waals surface area contributed by atoms with Crippen molar-refractivity contribution in [3.63, 3.8) is 0 Å². The van der Waals surface area contributed by atoms with Crippen LogP contribution in [-0.2, 0) is 4.79 Å². The Balaban J connectivity index is 2.61. The van der Waals surface area contributed by atoms with Crippen LogP contribution in [0.2, 0.25) is 19.6 Å². The quantitative estimate of drug-likeness (QED) is 0.556. The van der Waals surface area contributed by atoms with Crippen LogP contribution in [0.15, 0.2) is 22.9 Å². The minimum absolute atomic E-state index is 0.364. The Morgan fingerprint density at radius 1 is 1.46 bits per heavy atom. The fraction of sp³-hybridized carbons (Fsp3) is 0.500. The van der Waals surface area contributed by atoms with E-state index in [1.54, 1.807) is 6.08 Å². The molecule has 1 N–H and O–H groups in total. The normalized spacial score (nSPS) is 22.6. The second kappa shape index (κ2) is 3.14. The lowest BCUT2D eigenvalue weighted by atomic mass is 10.3. The zero-order valence-electron chi connectivity index (χ0n) is 8.59. The molecule has 1 unspecified atom stereocenters. The summed E-state index contributed by atoms with van der Waals surface area (Å²) in [6.45, 7) is 8.98. The molecule has 0 amide bonds. The molecule has 0 saturated carbocycles. The van der Waals surface area contributed by atoms with E-state index in [1.807, 2.05) is 0 Å². The fourth-order valence-corrected chi connectivity index (χ4v) is 4.34. The molecule has 1 aliphatic rings. The highest BCUT2D eigenvalue weighted by molar-refractivity contribution is 6.84. The van der Waals surface area contributed by atoms with Gasteiger partial charge in [0.1, 0.15) is 0 Å². The highest BCUT2D eigenvalue weighted by Gasteiger charge is 2.39. The first kappa shape index (κ1) is 10.2. The van der Waals surface area contributed by atoms with E-state index in [4.69, 9.17) is 5.11 Å². The van der Waals surface area contributed by atoms with Gasteiger partial charge in [0.2, 0.25) is 0 Å². The summed E-state index contributed by atoms with van der Waals surface area (Å²) in [6, 6.07) is 0. The summed E-state index contributed by atoms with van der Waals surface area (Å²) in [5, 5.41) is 9.99. The van der Waals surface area contributed by atoms with Gasteiger partial charge >= 0.3 is 5.97 Å². The Hall–Kier alpha value is -0.833. The molecule has 1 atom stereocenters. The van der Waals surface area contributed by atoms with Crippen LogP contribution >= 0.6 is 0 Å². The van der Waals surface area contributed by atoms with Crippen LogP contribution in [0.3, 0.4) is 0 Å². The molecule has 0 bridgehead atoms. The maximum absolute atomic E-state index is 10.3. The first-order chi connectivity index (χ1) is 5.84. The Morgan fingerprint density at radius 2 is 2.00 bits per heavy atom. The standard InChI is InChI=1S/C10H16O2Si/c1-7-8(5-6-9(11)12)10(7)13(2,3)4/h5-6,8H,1-4H3,(H,11,12)/b6-5+. The van der Waals surface area contributed by atoms with E-state index in [9.17, 15) is 4.79 Å². The lowest BCUT2D eigenvalue weighted by Crippen LogP contribution is -2.19. The third kappa shape index (κ3) is 2.31. The van der Waals surface area contributed by atoms with E-state index >= 15 is 0 Å². The minimum Gasteiger partial charge on any atom is -0.478 e. The number of carboxylic acid groups (broad SMARTS) is 1. The van der Waals surface area contributed by atoms with Gasteiger partial charge in [-0.2, -0.15) is 0 Å². The number of allylic oxidation sites excluding steroid dienone is 3. The fourth-order valence-electron chi connectivity index (χ4n) is 1.83. The second-order valence-electron chi connectivity index (χ2n) is 4.52.